The van der Waals surface area contributed by atoms with Crippen LogP contribution in [0.15, 0.2) is 17.2 Å². The largest absolute Gasteiger partial charge is 0.417 e. The number of hydrogen-bond acceptors (Lipinski definition) is 4. The molecule has 9 heteroatoms. The Morgan fingerprint density at radius 2 is 2.10 bits per heavy atom. The van der Waals surface area contributed by atoms with Crippen molar-refractivity contribution in [3.05, 3.63) is 23.5 Å². The SMILES string of the molecule is NS(=O)(=O)c1cc(C(F)(F)F)cnc1CC1CCCCN1. The maximum absolute atomic E-state index is 12.7. The normalized spacial score (nSPS) is 20.5. The maximum atomic E-state index is 12.7. The molecule has 1 fully saturated rings. The molecule has 0 radical (unpaired) electrons. The fraction of sp³-hybridized carbons (Fsp3) is 0.583. The second-order valence-electron chi connectivity index (χ2n) is 5.06. The molecule has 0 aromatic carbocycles. The number of sulfonamides is 1. The lowest BCUT2D eigenvalue weighted by Crippen LogP contribution is -2.36. The molecule has 1 unspecified atom stereocenters. The molecule has 118 valence electrons. The number of aromatic nitrogens is 1. The van der Waals surface area contributed by atoms with Crippen molar-refractivity contribution in [2.45, 2.75) is 42.8 Å². The highest BCUT2D eigenvalue weighted by molar-refractivity contribution is 7.89. The van der Waals surface area contributed by atoms with Gasteiger partial charge in [-0.2, -0.15) is 13.2 Å². The van der Waals surface area contributed by atoms with Gasteiger partial charge in [-0.15, -0.1) is 0 Å². The Balaban J connectivity index is 2.36. The molecule has 2 heterocycles. The number of rotatable bonds is 3. The van der Waals surface area contributed by atoms with Crippen LogP contribution in [0.4, 0.5) is 13.2 Å². The monoisotopic (exact) mass is 323 g/mol. The number of nitrogens with one attached hydrogen (secondary N) is 1. The zero-order chi connectivity index (χ0) is 15.7. The van der Waals surface area contributed by atoms with E-state index in [1.165, 1.54) is 0 Å². The molecule has 0 amide bonds. The highest BCUT2D eigenvalue weighted by Gasteiger charge is 2.33. The van der Waals surface area contributed by atoms with Gasteiger partial charge in [-0.05, 0) is 25.5 Å². The summed E-state index contributed by atoms with van der Waals surface area (Å²) in [6, 6.07) is 0.559. The first-order valence-electron chi connectivity index (χ1n) is 6.50. The van der Waals surface area contributed by atoms with Gasteiger partial charge in [0.05, 0.1) is 11.3 Å². The van der Waals surface area contributed by atoms with Crippen LogP contribution in [0.5, 0.6) is 0 Å². The summed E-state index contributed by atoms with van der Waals surface area (Å²) in [6.45, 7) is 0.802. The van der Waals surface area contributed by atoms with Gasteiger partial charge < -0.3 is 5.32 Å². The van der Waals surface area contributed by atoms with Crippen molar-refractivity contribution < 1.29 is 21.6 Å². The number of primary sulfonamides is 1. The van der Waals surface area contributed by atoms with Crippen molar-refractivity contribution in [2.75, 3.05) is 6.54 Å². The molecular formula is C12H16F3N3O2S. The smallest absolute Gasteiger partial charge is 0.314 e. The summed E-state index contributed by atoms with van der Waals surface area (Å²) < 4.78 is 61.0. The van der Waals surface area contributed by atoms with E-state index in [1.54, 1.807) is 0 Å². The lowest BCUT2D eigenvalue weighted by Gasteiger charge is -2.23. The summed E-state index contributed by atoms with van der Waals surface area (Å²) >= 11 is 0. The van der Waals surface area contributed by atoms with E-state index in [1.807, 2.05) is 0 Å². The summed E-state index contributed by atoms with van der Waals surface area (Å²) in [4.78, 5) is 3.14. The molecule has 21 heavy (non-hydrogen) atoms. The van der Waals surface area contributed by atoms with Crippen LogP contribution in [0.2, 0.25) is 0 Å². The lowest BCUT2D eigenvalue weighted by molar-refractivity contribution is -0.138. The topological polar surface area (TPSA) is 85.1 Å². The minimum absolute atomic E-state index is 0.00323. The van der Waals surface area contributed by atoms with E-state index in [0.29, 0.717) is 12.3 Å². The first-order chi connectivity index (χ1) is 9.68. The minimum Gasteiger partial charge on any atom is -0.314 e. The van der Waals surface area contributed by atoms with Crippen LogP contribution in [0.3, 0.4) is 0 Å². The van der Waals surface area contributed by atoms with Gasteiger partial charge >= 0.3 is 6.18 Å². The van der Waals surface area contributed by atoms with Crippen LogP contribution in [-0.2, 0) is 22.6 Å². The molecule has 3 N–H and O–H groups in total. The predicted molar refractivity (Wildman–Crippen MR) is 70.0 cm³/mol. The molecule has 0 bridgehead atoms. The van der Waals surface area contributed by atoms with E-state index in [2.05, 4.69) is 10.3 Å². The summed E-state index contributed by atoms with van der Waals surface area (Å²) in [5, 5.41) is 8.21. The fourth-order valence-electron chi connectivity index (χ4n) is 2.36. The number of halogens is 3. The van der Waals surface area contributed by atoms with Gasteiger partial charge in [0, 0.05) is 18.7 Å². The zero-order valence-corrected chi connectivity index (χ0v) is 12.0. The van der Waals surface area contributed by atoms with Crippen molar-refractivity contribution in [3.8, 4) is 0 Å². The maximum Gasteiger partial charge on any atom is 0.417 e. The van der Waals surface area contributed by atoms with Gasteiger partial charge in [-0.1, -0.05) is 6.42 Å². The summed E-state index contributed by atoms with van der Waals surface area (Å²) in [5.74, 6) is 0. The van der Waals surface area contributed by atoms with Crippen LogP contribution < -0.4 is 10.5 Å². The number of piperidine rings is 1. The Bertz CT molecular complexity index is 611. The average Bonchev–Trinajstić information content (AvgIpc) is 2.38. The van der Waals surface area contributed by atoms with E-state index >= 15 is 0 Å². The van der Waals surface area contributed by atoms with Crippen LogP contribution in [0.1, 0.15) is 30.5 Å². The lowest BCUT2D eigenvalue weighted by atomic mass is 10.00. The van der Waals surface area contributed by atoms with E-state index in [0.717, 1.165) is 25.8 Å². The Labute approximate surface area is 120 Å². The van der Waals surface area contributed by atoms with Gasteiger partial charge in [0.2, 0.25) is 10.0 Å². The standard InChI is InChI=1S/C12H16F3N3O2S/c13-12(14,15)8-5-11(21(16,19)20)10(18-7-8)6-9-3-1-2-4-17-9/h5,7,9,17H,1-4,6H2,(H2,16,19,20). The Morgan fingerprint density at radius 1 is 1.38 bits per heavy atom. The Hall–Kier alpha value is -1.19. The first-order valence-corrected chi connectivity index (χ1v) is 8.05. The Kier molecular flexibility index (Phi) is 4.54. The minimum atomic E-state index is -4.66. The fourth-order valence-corrected chi connectivity index (χ4v) is 3.11. The third-order valence-electron chi connectivity index (χ3n) is 3.42. The highest BCUT2D eigenvalue weighted by Crippen LogP contribution is 2.31. The summed E-state index contributed by atoms with van der Waals surface area (Å²) in [5.41, 5.74) is -1.04. The second-order valence-corrected chi connectivity index (χ2v) is 6.59. The van der Waals surface area contributed by atoms with Gasteiger partial charge in [0.1, 0.15) is 4.90 Å². The van der Waals surface area contributed by atoms with Crippen LogP contribution in [0, 0.1) is 0 Å². The summed E-state index contributed by atoms with van der Waals surface area (Å²) in [6.07, 6.45) is -0.931. The van der Waals surface area contributed by atoms with Crippen molar-refractivity contribution in [1.82, 2.24) is 10.3 Å². The number of nitrogens with zero attached hydrogens (tertiary/aromatic N) is 1. The number of alkyl halides is 3. The molecule has 1 atom stereocenters. The Morgan fingerprint density at radius 3 is 2.62 bits per heavy atom. The van der Waals surface area contributed by atoms with Crippen molar-refractivity contribution in [1.29, 1.82) is 0 Å². The molecule has 2 rings (SSSR count). The van der Waals surface area contributed by atoms with E-state index in [9.17, 15) is 21.6 Å². The molecule has 1 aliphatic heterocycles. The average molecular weight is 323 g/mol. The molecule has 5 nitrogen and oxygen atoms in total. The predicted octanol–water partition coefficient (Wildman–Crippen LogP) is 1.43. The van der Waals surface area contributed by atoms with Gasteiger partial charge in [0.15, 0.2) is 0 Å². The number of hydrogen-bond donors (Lipinski definition) is 2. The van der Waals surface area contributed by atoms with Crippen molar-refractivity contribution in [3.63, 3.8) is 0 Å². The zero-order valence-electron chi connectivity index (χ0n) is 11.2. The molecule has 1 aromatic rings. The second kappa shape index (κ2) is 5.90. The first kappa shape index (κ1) is 16.2. The molecule has 0 spiro atoms. The van der Waals surface area contributed by atoms with Crippen LogP contribution >= 0.6 is 0 Å². The van der Waals surface area contributed by atoms with Gasteiger partial charge in [-0.3, -0.25) is 4.98 Å². The third kappa shape index (κ3) is 4.14. The van der Waals surface area contributed by atoms with Crippen molar-refractivity contribution >= 4 is 10.0 Å². The molecule has 1 aliphatic rings. The van der Waals surface area contributed by atoms with E-state index < -0.39 is 26.7 Å². The highest BCUT2D eigenvalue weighted by atomic mass is 32.2. The molecule has 0 aliphatic carbocycles. The molecule has 1 saturated heterocycles. The third-order valence-corrected chi connectivity index (χ3v) is 4.38. The molecular weight excluding hydrogens is 307 g/mol. The molecule has 0 saturated carbocycles. The van der Waals surface area contributed by atoms with Crippen molar-refractivity contribution in [2.24, 2.45) is 5.14 Å². The number of nitrogens with two attached hydrogens (primary N) is 1. The quantitative estimate of drug-likeness (QED) is 0.881. The van der Waals surface area contributed by atoms with E-state index in [-0.39, 0.29) is 18.2 Å². The van der Waals surface area contributed by atoms with Gasteiger partial charge in [0.25, 0.3) is 0 Å². The summed E-state index contributed by atoms with van der Waals surface area (Å²) in [7, 11) is -4.26. The molecule has 1 aromatic heterocycles. The van der Waals surface area contributed by atoms with Crippen LogP contribution in [-0.4, -0.2) is 26.0 Å². The van der Waals surface area contributed by atoms with Crippen LogP contribution in [0.25, 0.3) is 0 Å². The van der Waals surface area contributed by atoms with E-state index in [4.69, 9.17) is 5.14 Å². The number of pyridine rings is 1. The van der Waals surface area contributed by atoms with Gasteiger partial charge in [-0.25, -0.2) is 13.6 Å².